The molecule has 0 radical (unpaired) electrons. The van der Waals surface area contributed by atoms with Crippen LogP contribution < -0.4 is 0 Å². The Bertz CT molecular complexity index is 505. The van der Waals surface area contributed by atoms with Crippen molar-refractivity contribution in [2.75, 3.05) is 0 Å². The summed E-state index contributed by atoms with van der Waals surface area (Å²) in [6.45, 7) is 4.13. The van der Waals surface area contributed by atoms with Crippen molar-refractivity contribution in [3.8, 4) is 16.9 Å². The Labute approximate surface area is 115 Å². The van der Waals surface area contributed by atoms with Gasteiger partial charge in [-0.2, -0.15) is 0 Å². The Morgan fingerprint density at radius 2 is 1.53 bits per heavy atom. The van der Waals surface area contributed by atoms with Gasteiger partial charge in [-0.05, 0) is 42.0 Å². The van der Waals surface area contributed by atoms with E-state index < -0.39 is 0 Å². The standard InChI is InChI=1S/C12H18O.C6H4/c1-3-4-5-8-11-9-6-7-10(2)12(11)13;1-2-6-4-3-5(1)6/h6-7,9,13H,3-5,8H2,1-2H3;1-4H. The summed E-state index contributed by atoms with van der Waals surface area (Å²) >= 11 is 0. The quantitative estimate of drug-likeness (QED) is 0.642. The average Bonchev–Trinajstić information content (AvgIpc) is 2.40. The Kier molecular flexibility index (Phi) is 4.62. The number of para-hydroxylation sites is 1. The van der Waals surface area contributed by atoms with Crippen molar-refractivity contribution >= 4 is 0 Å². The van der Waals surface area contributed by atoms with Gasteiger partial charge in [-0.3, -0.25) is 0 Å². The van der Waals surface area contributed by atoms with Crippen molar-refractivity contribution in [3.63, 3.8) is 0 Å². The van der Waals surface area contributed by atoms with E-state index in [0.717, 1.165) is 17.5 Å². The number of hydrogen-bond acceptors (Lipinski definition) is 1. The number of aromatic hydroxyl groups is 1. The Hall–Kier alpha value is -1.76. The molecule has 2 aliphatic rings. The molecule has 0 fully saturated rings. The number of rotatable bonds is 4. The second-order valence-electron chi connectivity index (χ2n) is 5.12. The fraction of sp³-hybridized carbons (Fsp3) is 0.333. The first-order valence-corrected chi connectivity index (χ1v) is 7.10. The molecule has 0 bridgehead atoms. The van der Waals surface area contributed by atoms with Crippen LogP contribution in [0.5, 0.6) is 5.75 Å². The minimum Gasteiger partial charge on any atom is -0.507 e. The molecule has 0 heterocycles. The molecule has 0 saturated heterocycles. The largest absolute Gasteiger partial charge is 0.507 e. The number of hydrogen-bond donors (Lipinski definition) is 1. The lowest BCUT2D eigenvalue weighted by molar-refractivity contribution is 0.462. The summed E-state index contributed by atoms with van der Waals surface area (Å²) in [5, 5.41) is 9.70. The Balaban J connectivity index is 0.000000180. The van der Waals surface area contributed by atoms with E-state index in [0.29, 0.717) is 5.75 Å². The third-order valence-corrected chi connectivity index (χ3v) is 3.59. The summed E-state index contributed by atoms with van der Waals surface area (Å²) in [4.78, 5) is 0. The van der Waals surface area contributed by atoms with Crippen LogP contribution in [0.1, 0.15) is 37.3 Å². The molecular formula is C18H22O. The van der Waals surface area contributed by atoms with Gasteiger partial charge < -0.3 is 5.11 Å². The molecule has 0 atom stereocenters. The van der Waals surface area contributed by atoms with Gasteiger partial charge in [0.05, 0.1) is 0 Å². The van der Waals surface area contributed by atoms with Crippen LogP contribution in [0.25, 0.3) is 11.1 Å². The zero-order valence-electron chi connectivity index (χ0n) is 11.8. The first-order chi connectivity index (χ1) is 9.22. The molecule has 1 aromatic carbocycles. The van der Waals surface area contributed by atoms with Gasteiger partial charge in [0.1, 0.15) is 5.75 Å². The summed E-state index contributed by atoms with van der Waals surface area (Å²) in [5.74, 6) is 0.485. The van der Waals surface area contributed by atoms with Crippen molar-refractivity contribution in [2.24, 2.45) is 0 Å². The maximum Gasteiger partial charge on any atom is 0.121 e. The molecule has 1 nitrogen and oxygen atoms in total. The van der Waals surface area contributed by atoms with E-state index in [1.54, 1.807) is 0 Å². The number of phenolic OH excluding ortho intramolecular Hbond substituents is 1. The number of unbranched alkanes of at least 4 members (excludes halogenated alkanes) is 2. The van der Waals surface area contributed by atoms with E-state index in [9.17, 15) is 5.11 Å². The van der Waals surface area contributed by atoms with Crippen molar-refractivity contribution in [1.29, 1.82) is 0 Å². The van der Waals surface area contributed by atoms with Crippen molar-refractivity contribution in [2.45, 2.75) is 39.5 Å². The zero-order chi connectivity index (χ0) is 13.7. The van der Waals surface area contributed by atoms with Gasteiger partial charge in [0, 0.05) is 0 Å². The minimum absolute atomic E-state index is 0.485. The molecule has 0 unspecified atom stereocenters. The van der Waals surface area contributed by atoms with Gasteiger partial charge in [0.2, 0.25) is 0 Å². The highest BCUT2D eigenvalue weighted by molar-refractivity contribution is 5.75. The average molecular weight is 254 g/mol. The predicted molar refractivity (Wildman–Crippen MR) is 81.5 cm³/mol. The molecule has 19 heavy (non-hydrogen) atoms. The van der Waals surface area contributed by atoms with Crippen LogP contribution in [0, 0.1) is 6.92 Å². The lowest BCUT2D eigenvalue weighted by atomic mass is 9.95. The van der Waals surface area contributed by atoms with Crippen LogP contribution >= 0.6 is 0 Å². The molecule has 1 N–H and O–H groups in total. The zero-order valence-corrected chi connectivity index (χ0v) is 11.8. The summed E-state index contributed by atoms with van der Waals surface area (Å²) in [7, 11) is 0. The van der Waals surface area contributed by atoms with Crippen molar-refractivity contribution < 1.29 is 5.11 Å². The van der Waals surface area contributed by atoms with Crippen molar-refractivity contribution in [3.05, 3.63) is 53.6 Å². The molecule has 1 aromatic rings. The van der Waals surface area contributed by atoms with Crippen LogP contribution in [0.4, 0.5) is 0 Å². The summed E-state index contributed by atoms with van der Waals surface area (Å²) in [5.41, 5.74) is 4.92. The minimum atomic E-state index is 0.485. The van der Waals surface area contributed by atoms with Gasteiger partial charge in [0.15, 0.2) is 0 Å². The Morgan fingerprint density at radius 1 is 0.895 bits per heavy atom. The van der Waals surface area contributed by atoms with E-state index in [1.807, 2.05) is 25.1 Å². The lowest BCUT2D eigenvalue weighted by Crippen LogP contribution is -1.88. The molecule has 0 saturated carbocycles. The van der Waals surface area contributed by atoms with Gasteiger partial charge in [-0.1, -0.05) is 62.2 Å². The highest BCUT2D eigenvalue weighted by Gasteiger charge is 2.04. The van der Waals surface area contributed by atoms with E-state index in [-0.39, 0.29) is 0 Å². The normalized spacial score (nSPS) is 10.6. The molecule has 3 rings (SSSR count). The second-order valence-corrected chi connectivity index (χ2v) is 5.12. The van der Waals surface area contributed by atoms with Gasteiger partial charge >= 0.3 is 0 Å². The van der Waals surface area contributed by atoms with Crippen LogP contribution in [-0.2, 0) is 6.42 Å². The molecule has 1 heteroatoms. The summed E-state index contributed by atoms with van der Waals surface area (Å²) < 4.78 is 0. The van der Waals surface area contributed by atoms with E-state index in [2.05, 4.69) is 31.2 Å². The first-order valence-electron chi connectivity index (χ1n) is 7.10. The molecular weight excluding hydrogens is 232 g/mol. The molecule has 2 aliphatic carbocycles. The van der Waals surface area contributed by atoms with Gasteiger partial charge in [-0.25, -0.2) is 0 Å². The van der Waals surface area contributed by atoms with E-state index >= 15 is 0 Å². The third-order valence-electron chi connectivity index (χ3n) is 3.59. The number of fused-ring (bicyclic) bond motifs is 1. The fourth-order valence-corrected chi connectivity index (χ4v) is 2.15. The monoisotopic (exact) mass is 254 g/mol. The maximum absolute atomic E-state index is 9.70. The third kappa shape index (κ3) is 3.37. The lowest BCUT2D eigenvalue weighted by Gasteiger charge is -2.10. The highest BCUT2D eigenvalue weighted by atomic mass is 16.3. The van der Waals surface area contributed by atoms with Gasteiger partial charge in [-0.15, -0.1) is 0 Å². The number of phenols is 1. The molecule has 0 aliphatic heterocycles. The molecule has 0 spiro atoms. The topological polar surface area (TPSA) is 20.2 Å². The maximum atomic E-state index is 9.70. The second kappa shape index (κ2) is 6.42. The van der Waals surface area contributed by atoms with Crippen molar-refractivity contribution in [1.82, 2.24) is 0 Å². The molecule has 0 amide bonds. The summed E-state index contributed by atoms with van der Waals surface area (Å²) in [6, 6.07) is 14.4. The summed E-state index contributed by atoms with van der Waals surface area (Å²) in [6.07, 6.45) is 4.65. The molecule has 0 aromatic heterocycles. The first kappa shape index (κ1) is 13.7. The molecule has 100 valence electrons. The smallest absolute Gasteiger partial charge is 0.121 e. The van der Waals surface area contributed by atoms with Crippen LogP contribution in [0.3, 0.4) is 0 Å². The predicted octanol–water partition coefficient (Wildman–Crippen LogP) is 5.10. The van der Waals surface area contributed by atoms with Gasteiger partial charge in [0.25, 0.3) is 0 Å². The van der Waals surface area contributed by atoms with Crippen LogP contribution in [0.15, 0.2) is 42.5 Å². The Morgan fingerprint density at radius 3 is 2.00 bits per heavy atom. The number of benzene rings is 2. The SMILES string of the molecule is CCCCCc1cccc(C)c1O.c1cc2ccc1-2. The highest BCUT2D eigenvalue weighted by Crippen LogP contribution is 2.29. The number of aryl methyl sites for hydroxylation is 2. The fourth-order valence-electron chi connectivity index (χ4n) is 2.15. The van der Waals surface area contributed by atoms with Crippen LogP contribution in [-0.4, -0.2) is 5.11 Å². The van der Waals surface area contributed by atoms with E-state index in [1.165, 1.54) is 30.4 Å². The van der Waals surface area contributed by atoms with E-state index in [4.69, 9.17) is 0 Å². The van der Waals surface area contributed by atoms with Crippen LogP contribution in [0.2, 0.25) is 0 Å².